The molecular formula is C24H43N5O3. The molecule has 8 nitrogen and oxygen atoms in total. The van der Waals surface area contributed by atoms with Gasteiger partial charge < -0.3 is 26.5 Å². The minimum atomic E-state index is -0.438. The zero-order valence-electron chi connectivity index (χ0n) is 19.7. The van der Waals surface area contributed by atoms with Gasteiger partial charge in [-0.15, -0.1) is 0 Å². The van der Waals surface area contributed by atoms with Crippen LogP contribution in [0.5, 0.6) is 0 Å². The Balaban J connectivity index is 1.73. The second kappa shape index (κ2) is 14.9. The van der Waals surface area contributed by atoms with E-state index in [-0.39, 0.29) is 23.8 Å². The Morgan fingerprint density at radius 1 is 1.06 bits per heavy atom. The van der Waals surface area contributed by atoms with Crippen molar-refractivity contribution < 1.29 is 14.4 Å². The highest BCUT2D eigenvalue weighted by atomic mass is 16.2. The van der Waals surface area contributed by atoms with Crippen LogP contribution < -0.4 is 21.7 Å². The van der Waals surface area contributed by atoms with Gasteiger partial charge in [0.1, 0.15) is 12.3 Å². The molecule has 8 heteroatoms. The third kappa shape index (κ3) is 9.18. The molecule has 2 rings (SSSR count). The molecular weight excluding hydrogens is 406 g/mol. The molecule has 2 fully saturated rings. The molecule has 2 unspecified atom stereocenters. The van der Waals surface area contributed by atoms with Gasteiger partial charge in [0, 0.05) is 31.4 Å². The SMILES string of the molecule is CN1CCCC1C(=O)NC(C(=O)NCCCN/C=C(\N)CCCCC=O)C1CCCCC1. The molecule has 1 saturated heterocycles. The number of nitrogens with two attached hydrogens (primary N) is 1. The number of hydrogen-bond donors (Lipinski definition) is 4. The maximum atomic E-state index is 13.0. The number of allylic oxidation sites excluding steroid dienone is 1. The molecule has 0 radical (unpaired) electrons. The second-order valence-electron chi connectivity index (χ2n) is 9.25. The molecule has 0 aromatic carbocycles. The first-order valence-electron chi connectivity index (χ1n) is 12.4. The number of unbranched alkanes of at least 4 members (excludes halogenated alkanes) is 2. The summed E-state index contributed by atoms with van der Waals surface area (Å²) in [4.78, 5) is 38.2. The lowest BCUT2D eigenvalue weighted by Gasteiger charge is -2.31. The number of rotatable bonds is 14. The minimum Gasteiger partial charge on any atom is -0.401 e. The molecule has 1 heterocycles. The van der Waals surface area contributed by atoms with Crippen LogP contribution in [-0.4, -0.2) is 61.8 Å². The average Bonchev–Trinajstić information content (AvgIpc) is 3.23. The molecule has 2 amide bonds. The van der Waals surface area contributed by atoms with Gasteiger partial charge >= 0.3 is 0 Å². The van der Waals surface area contributed by atoms with E-state index in [1.807, 2.05) is 13.2 Å². The predicted molar refractivity (Wildman–Crippen MR) is 127 cm³/mol. The molecule has 1 saturated carbocycles. The number of carbonyl (C=O) groups is 3. The monoisotopic (exact) mass is 449 g/mol. The lowest BCUT2D eigenvalue weighted by molar-refractivity contribution is -0.132. The first-order valence-corrected chi connectivity index (χ1v) is 12.4. The number of likely N-dealkylation sites (tertiary alicyclic amines) is 1. The lowest BCUT2D eigenvalue weighted by atomic mass is 9.83. The fourth-order valence-electron chi connectivity index (χ4n) is 4.70. The van der Waals surface area contributed by atoms with E-state index < -0.39 is 6.04 Å². The Labute approximate surface area is 193 Å². The van der Waals surface area contributed by atoms with Crippen LogP contribution in [0.25, 0.3) is 0 Å². The van der Waals surface area contributed by atoms with E-state index >= 15 is 0 Å². The van der Waals surface area contributed by atoms with Crippen LogP contribution in [-0.2, 0) is 14.4 Å². The van der Waals surface area contributed by atoms with Crippen molar-refractivity contribution in [3.8, 4) is 0 Å². The fourth-order valence-corrected chi connectivity index (χ4v) is 4.70. The average molecular weight is 450 g/mol. The molecule has 32 heavy (non-hydrogen) atoms. The number of amides is 2. The summed E-state index contributed by atoms with van der Waals surface area (Å²) >= 11 is 0. The molecule has 5 N–H and O–H groups in total. The molecule has 0 bridgehead atoms. The summed E-state index contributed by atoms with van der Waals surface area (Å²) in [6.45, 7) is 2.20. The normalized spacial score (nSPS) is 21.2. The molecule has 0 aromatic rings. The van der Waals surface area contributed by atoms with E-state index in [1.165, 1.54) is 6.42 Å². The summed E-state index contributed by atoms with van der Waals surface area (Å²) in [6, 6.07) is -0.555. The van der Waals surface area contributed by atoms with Crippen LogP contribution in [0, 0.1) is 5.92 Å². The zero-order valence-corrected chi connectivity index (χ0v) is 19.7. The first-order chi connectivity index (χ1) is 15.5. The van der Waals surface area contributed by atoms with Gasteiger partial charge in [0.25, 0.3) is 0 Å². The van der Waals surface area contributed by atoms with Gasteiger partial charge in [-0.2, -0.15) is 0 Å². The number of hydrogen-bond acceptors (Lipinski definition) is 6. The third-order valence-electron chi connectivity index (χ3n) is 6.65. The Morgan fingerprint density at radius 3 is 2.53 bits per heavy atom. The number of nitrogens with one attached hydrogen (secondary N) is 3. The van der Waals surface area contributed by atoms with Crippen molar-refractivity contribution in [2.45, 2.75) is 89.1 Å². The van der Waals surface area contributed by atoms with Crippen molar-refractivity contribution in [1.82, 2.24) is 20.9 Å². The molecule has 0 aromatic heterocycles. The highest BCUT2D eigenvalue weighted by Gasteiger charge is 2.34. The quantitative estimate of drug-likeness (QED) is 0.237. The number of carbonyl (C=O) groups excluding carboxylic acids is 3. The van der Waals surface area contributed by atoms with Gasteiger partial charge in [-0.3, -0.25) is 14.5 Å². The van der Waals surface area contributed by atoms with Crippen molar-refractivity contribution in [1.29, 1.82) is 0 Å². The van der Waals surface area contributed by atoms with E-state index in [0.29, 0.717) is 19.5 Å². The molecule has 182 valence electrons. The second-order valence-corrected chi connectivity index (χ2v) is 9.25. The van der Waals surface area contributed by atoms with Gasteiger partial charge in [-0.1, -0.05) is 19.3 Å². The van der Waals surface area contributed by atoms with Crippen LogP contribution in [0.2, 0.25) is 0 Å². The van der Waals surface area contributed by atoms with E-state index in [2.05, 4.69) is 20.9 Å². The summed E-state index contributed by atoms with van der Waals surface area (Å²) in [6.07, 6.45) is 14.0. The molecule has 1 aliphatic heterocycles. The van der Waals surface area contributed by atoms with Gasteiger partial charge in [-0.25, -0.2) is 0 Å². The molecule has 2 aliphatic rings. The zero-order chi connectivity index (χ0) is 23.2. The number of nitrogens with zero attached hydrogens (tertiary/aromatic N) is 1. The van der Waals surface area contributed by atoms with Crippen molar-refractivity contribution >= 4 is 18.1 Å². The van der Waals surface area contributed by atoms with E-state index in [9.17, 15) is 14.4 Å². The van der Waals surface area contributed by atoms with Gasteiger partial charge in [-0.05, 0) is 70.9 Å². The highest BCUT2D eigenvalue weighted by Crippen LogP contribution is 2.27. The van der Waals surface area contributed by atoms with Crippen LogP contribution in [0.3, 0.4) is 0 Å². The van der Waals surface area contributed by atoms with E-state index in [4.69, 9.17) is 5.73 Å². The Morgan fingerprint density at radius 2 is 1.84 bits per heavy atom. The van der Waals surface area contributed by atoms with Crippen molar-refractivity contribution in [3.05, 3.63) is 11.9 Å². The van der Waals surface area contributed by atoms with Crippen molar-refractivity contribution in [2.75, 3.05) is 26.7 Å². The molecule has 2 atom stereocenters. The lowest BCUT2D eigenvalue weighted by Crippen LogP contribution is -2.55. The predicted octanol–water partition coefficient (Wildman–Crippen LogP) is 1.80. The standard InChI is InChI=1S/C24H43N5O3/c1-29-16-8-13-21(29)23(31)28-22(19-10-4-2-5-11-19)24(32)27-15-9-14-26-18-20(25)12-6-3-7-17-30/h17-19,21-22,26H,2-16,25H2,1H3,(H,27,32)(H,28,31)/b20-18-. The van der Waals surface area contributed by atoms with Crippen molar-refractivity contribution in [2.24, 2.45) is 11.7 Å². The summed E-state index contributed by atoms with van der Waals surface area (Å²) in [7, 11) is 1.98. The molecule has 0 spiro atoms. The van der Waals surface area contributed by atoms with Gasteiger partial charge in [0.15, 0.2) is 0 Å². The maximum Gasteiger partial charge on any atom is 0.242 e. The number of aldehydes is 1. The summed E-state index contributed by atoms with van der Waals surface area (Å²) in [5, 5.41) is 9.31. The fraction of sp³-hybridized carbons (Fsp3) is 0.792. The van der Waals surface area contributed by atoms with Crippen LogP contribution in [0.1, 0.15) is 77.0 Å². The third-order valence-corrected chi connectivity index (χ3v) is 6.65. The van der Waals surface area contributed by atoms with Gasteiger partial charge in [0.05, 0.1) is 6.04 Å². The number of likely N-dealkylation sites (N-methyl/N-ethyl adjacent to an activating group) is 1. The van der Waals surface area contributed by atoms with E-state index in [0.717, 1.165) is 82.7 Å². The summed E-state index contributed by atoms with van der Waals surface area (Å²) in [5.74, 6) is 0.154. The summed E-state index contributed by atoms with van der Waals surface area (Å²) in [5.41, 5.74) is 6.72. The van der Waals surface area contributed by atoms with Crippen LogP contribution in [0.15, 0.2) is 11.9 Å². The largest absolute Gasteiger partial charge is 0.401 e. The first kappa shape index (κ1) is 26.2. The van der Waals surface area contributed by atoms with Crippen LogP contribution in [0.4, 0.5) is 0 Å². The van der Waals surface area contributed by atoms with E-state index in [1.54, 1.807) is 0 Å². The highest BCUT2D eigenvalue weighted by molar-refractivity contribution is 5.90. The van der Waals surface area contributed by atoms with Gasteiger partial charge in [0.2, 0.25) is 11.8 Å². The smallest absolute Gasteiger partial charge is 0.242 e. The Bertz CT molecular complexity index is 619. The molecule has 1 aliphatic carbocycles. The Kier molecular flexibility index (Phi) is 12.2. The minimum absolute atomic E-state index is 0.00820. The van der Waals surface area contributed by atoms with Crippen LogP contribution >= 0.6 is 0 Å². The Hall–Kier alpha value is -2.09. The summed E-state index contributed by atoms with van der Waals surface area (Å²) < 4.78 is 0. The maximum absolute atomic E-state index is 13.0. The van der Waals surface area contributed by atoms with Crippen molar-refractivity contribution in [3.63, 3.8) is 0 Å². The topological polar surface area (TPSA) is 117 Å².